The minimum Gasteiger partial charge on any atom is -0.496 e. The van der Waals surface area contributed by atoms with Gasteiger partial charge in [-0.15, -0.1) is 24.0 Å². The summed E-state index contributed by atoms with van der Waals surface area (Å²) in [5.41, 5.74) is 3.16. The number of nitrogens with zero attached hydrogens (tertiary/aromatic N) is 3. The van der Waals surface area contributed by atoms with Crippen LogP contribution >= 0.6 is 24.0 Å². The van der Waals surface area contributed by atoms with Crippen LogP contribution in [-0.2, 0) is 17.9 Å². The van der Waals surface area contributed by atoms with E-state index < -0.39 is 0 Å². The van der Waals surface area contributed by atoms with Crippen LogP contribution in [0.1, 0.15) is 11.4 Å². The molecular weight excluding hydrogens is 505 g/mol. The molecule has 7 nitrogen and oxygen atoms in total. The number of halogens is 1. The fourth-order valence-corrected chi connectivity index (χ4v) is 3.13. The Hall–Kier alpha value is -2.59. The summed E-state index contributed by atoms with van der Waals surface area (Å²) in [6.07, 6.45) is 1.86. The second-order valence-electron chi connectivity index (χ2n) is 6.80. The molecule has 0 unspecified atom stereocenters. The molecule has 0 spiro atoms. The van der Waals surface area contributed by atoms with Gasteiger partial charge in [0.25, 0.3) is 0 Å². The van der Waals surface area contributed by atoms with Crippen molar-refractivity contribution >= 4 is 29.9 Å². The van der Waals surface area contributed by atoms with Crippen LogP contribution in [0, 0.1) is 0 Å². The van der Waals surface area contributed by atoms with E-state index in [2.05, 4.69) is 32.4 Å². The number of imidazole rings is 1. The van der Waals surface area contributed by atoms with Crippen molar-refractivity contribution in [2.45, 2.75) is 13.2 Å². The van der Waals surface area contributed by atoms with Crippen molar-refractivity contribution in [1.29, 1.82) is 0 Å². The minimum absolute atomic E-state index is 0. The maximum Gasteiger partial charge on any atom is 0.193 e. The molecule has 0 fully saturated rings. The van der Waals surface area contributed by atoms with Crippen molar-refractivity contribution in [3.8, 4) is 17.0 Å². The Balaban J connectivity index is 0.00000341. The van der Waals surface area contributed by atoms with E-state index in [0.29, 0.717) is 26.3 Å². The summed E-state index contributed by atoms with van der Waals surface area (Å²) in [5.74, 6) is 2.51. The van der Waals surface area contributed by atoms with Gasteiger partial charge in [-0.3, -0.25) is 4.99 Å². The number of aromatic amines is 1. The lowest BCUT2D eigenvalue weighted by atomic mass is 10.2. The average Bonchev–Trinajstić information content (AvgIpc) is 3.25. The monoisotopic (exact) mass is 535 g/mol. The number of hydrogen-bond donors (Lipinski definition) is 2. The van der Waals surface area contributed by atoms with E-state index in [4.69, 9.17) is 9.47 Å². The van der Waals surface area contributed by atoms with Gasteiger partial charge in [0.05, 0.1) is 38.8 Å². The lowest BCUT2D eigenvalue weighted by Crippen LogP contribution is -2.40. The summed E-state index contributed by atoms with van der Waals surface area (Å²) in [7, 11) is 5.42. The highest BCUT2D eigenvalue weighted by atomic mass is 127. The quantitative estimate of drug-likeness (QED) is 0.188. The van der Waals surface area contributed by atoms with Gasteiger partial charge in [-0.25, -0.2) is 4.98 Å². The molecule has 0 radical (unpaired) electrons. The molecule has 166 valence electrons. The third-order valence-electron chi connectivity index (χ3n) is 4.65. The number of nitrogens with one attached hydrogen (secondary N) is 2. The Morgan fingerprint density at radius 3 is 2.61 bits per heavy atom. The van der Waals surface area contributed by atoms with Crippen LogP contribution < -0.4 is 10.1 Å². The second-order valence-corrected chi connectivity index (χ2v) is 6.80. The second kappa shape index (κ2) is 13.0. The number of aliphatic imine (C=N–C) groups is 1. The first kappa shape index (κ1) is 24.7. The lowest BCUT2D eigenvalue weighted by molar-refractivity contribution is 0.123. The Labute approximate surface area is 200 Å². The van der Waals surface area contributed by atoms with Crippen molar-refractivity contribution in [3.05, 3.63) is 72.2 Å². The number of rotatable bonds is 9. The Kier molecular flexibility index (Phi) is 10.3. The zero-order chi connectivity index (χ0) is 21.2. The van der Waals surface area contributed by atoms with Gasteiger partial charge in [0, 0.05) is 26.2 Å². The highest BCUT2D eigenvalue weighted by Crippen LogP contribution is 2.18. The number of methoxy groups -OCH3 is 1. The number of aromatic nitrogens is 2. The van der Waals surface area contributed by atoms with Crippen LogP contribution in [0.2, 0.25) is 0 Å². The van der Waals surface area contributed by atoms with Gasteiger partial charge < -0.3 is 24.7 Å². The summed E-state index contributed by atoms with van der Waals surface area (Å²) in [6.45, 7) is 2.34. The SMILES string of the molecule is CN=C(NCCOCc1ccccc1OC)N(C)Cc1ncc(-c2ccccc2)[nH]1.I. The molecule has 2 N–H and O–H groups in total. The van der Waals surface area contributed by atoms with E-state index in [-0.39, 0.29) is 24.0 Å². The van der Waals surface area contributed by atoms with Gasteiger partial charge in [-0.1, -0.05) is 48.5 Å². The number of hydrogen-bond acceptors (Lipinski definition) is 4. The summed E-state index contributed by atoms with van der Waals surface area (Å²) in [5, 5.41) is 3.32. The fourth-order valence-electron chi connectivity index (χ4n) is 3.13. The molecule has 0 aliphatic rings. The Morgan fingerprint density at radius 1 is 1.13 bits per heavy atom. The van der Waals surface area contributed by atoms with E-state index in [0.717, 1.165) is 34.4 Å². The third kappa shape index (κ3) is 7.25. The number of para-hydroxylation sites is 1. The van der Waals surface area contributed by atoms with Crippen molar-refractivity contribution in [1.82, 2.24) is 20.2 Å². The summed E-state index contributed by atoms with van der Waals surface area (Å²) in [4.78, 5) is 14.2. The Morgan fingerprint density at radius 2 is 1.87 bits per heavy atom. The zero-order valence-electron chi connectivity index (χ0n) is 18.2. The molecule has 0 atom stereocenters. The molecule has 0 saturated heterocycles. The van der Waals surface area contributed by atoms with Crippen LogP contribution in [0.4, 0.5) is 0 Å². The number of benzene rings is 2. The molecule has 3 rings (SSSR count). The lowest BCUT2D eigenvalue weighted by Gasteiger charge is -2.21. The van der Waals surface area contributed by atoms with Gasteiger partial charge >= 0.3 is 0 Å². The van der Waals surface area contributed by atoms with Crippen LogP contribution in [0.15, 0.2) is 65.8 Å². The van der Waals surface area contributed by atoms with Crippen LogP contribution in [0.3, 0.4) is 0 Å². The molecule has 3 aromatic rings. The molecule has 2 aromatic carbocycles. The highest BCUT2D eigenvalue weighted by molar-refractivity contribution is 14.0. The van der Waals surface area contributed by atoms with E-state index in [1.807, 2.05) is 60.6 Å². The van der Waals surface area contributed by atoms with Gasteiger partial charge in [0.1, 0.15) is 11.6 Å². The highest BCUT2D eigenvalue weighted by Gasteiger charge is 2.10. The standard InChI is InChI=1S/C23H29N5O2.HI/c1-24-23(25-13-14-30-17-19-11-7-8-12-21(19)29-3)28(2)16-22-26-15-20(27-22)18-9-5-4-6-10-18;/h4-12,15H,13-14,16-17H2,1-3H3,(H,24,25)(H,26,27);1H. The predicted molar refractivity (Wildman–Crippen MR) is 135 cm³/mol. The van der Waals surface area contributed by atoms with Gasteiger partial charge in [0.15, 0.2) is 5.96 Å². The number of H-pyrrole nitrogens is 1. The number of guanidine groups is 1. The normalized spacial score (nSPS) is 11.0. The van der Waals surface area contributed by atoms with Gasteiger partial charge in [-0.2, -0.15) is 0 Å². The first-order chi connectivity index (χ1) is 14.7. The zero-order valence-corrected chi connectivity index (χ0v) is 20.5. The summed E-state index contributed by atoms with van der Waals surface area (Å²) in [6, 6.07) is 18.0. The third-order valence-corrected chi connectivity index (χ3v) is 4.65. The van der Waals surface area contributed by atoms with E-state index in [1.165, 1.54) is 0 Å². The maximum atomic E-state index is 5.77. The number of ether oxygens (including phenoxy) is 2. The molecule has 1 aromatic heterocycles. The molecule has 0 aliphatic heterocycles. The summed E-state index contributed by atoms with van der Waals surface area (Å²) < 4.78 is 11.1. The first-order valence-electron chi connectivity index (χ1n) is 9.92. The smallest absolute Gasteiger partial charge is 0.193 e. The maximum absolute atomic E-state index is 5.77. The van der Waals surface area contributed by atoms with Crippen LogP contribution in [-0.4, -0.2) is 55.2 Å². The van der Waals surface area contributed by atoms with Crippen LogP contribution in [0.25, 0.3) is 11.3 Å². The van der Waals surface area contributed by atoms with Crippen molar-refractivity contribution in [2.75, 3.05) is 34.4 Å². The van der Waals surface area contributed by atoms with Gasteiger partial charge in [0.2, 0.25) is 0 Å². The molecule has 0 bridgehead atoms. The predicted octanol–water partition coefficient (Wildman–Crippen LogP) is 3.93. The molecule has 1 heterocycles. The average molecular weight is 535 g/mol. The van der Waals surface area contributed by atoms with Crippen molar-refractivity contribution in [2.24, 2.45) is 4.99 Å². The molecule has 8 heteroatoms. The van der Waals surface area contributed by atoms with Crippen molar-refractivity contribution in [3.63, 3.8) is 0 Å². The van der Waals surface area contributed by atoms with E-state index in [9.17, 15) is 0 Å². The molecule has 0 saturated carbocycles. The summed E-state index contributed by atoms with van der Waals surface area (Å²) >= 11 is 0. The van der Waals surface area contributed by atoms with E-state index >= 15 is 0 Å². The Bertz CT molecular complexity index is 946. The van der Waals surface area contributed by atoms with Gasteiger partial charge in [-0.05, 0) is 11.6 Å². The fraction of sp³-hybridized carbons (Fsp3) is 0.304. The largest absolute Gasteiger partial charge is 0.496 e. The van der Waals surface area contributed by atoms with Crippen LogP contribution in [0.5, 0.6) is 5.75 Å². The molecular formula is C23H30IN5O2. The molecule has 31 heavy (non-hydrogen) atoms. The first-order valence-corrected chi connectivity index (χ1v) is 9.92. The molecule has 0 amide bonds. The topological polar surface area (TPSA) is 74.8 Å². The minimum atomic E-state index is 0. The molecule has 0 aliphatic carbocycles. The van der Waals surface area contributed by atoms with E-state index in [1.54, 1.807) is 14.2 Å². The van der Waals surface area contributed by atoms with Crippen molar-refractivity contribution < 1.29 is 9.47 Å².